The number of hydrazone groups is 1. The number of ether oxygens (including phenoxy) is 1. The summed E-state index contributed by atoms with van der Waals surface area (Å²) in [5, 5.41) is 3.91. The lowest BCUT2D eigenvalue weighted by Crippen LogP contribution is -2.25. The maximum Gasteiger partial charge on any atom is 0.277 e. The van der Waals surface area contributed by atoms with Gasteiger partial charge in [-0.1, -0.05) is 19.4 Å². The van der Waals surface area contributed by atoms with Crippen molar-refractivity contribution in [3.05, 3.63) is 30.1 Å². The van der Waals surface area contributed by atoms with E-state index in [4.69, 9.17) is 4.74 Å². The lowest BCUT2D eigenvalue weighted by molar-refractivity contribution is -0.123. The predicted molar refractivity (Wildman–Crippen MR) is 68.1 cm³/mol. The summed E-state index contributed by atoms with van der Waals surface area (Å²) < 4.78 is 17.9. The number of benzene rings is 1. The Morgan fingerprint density at radius 1 is 1.50 bits per heavy atom. The summed E-state index contributed by atoms with van der Waals surface area (Å²) in [6, 6.07) is 5.64. The minimum absolute atomic E-state index is 0.188. The summed E-state index contributed by atoms with van der Waals surface area (Å²) in [5.74, 6) is -0.446. The number of rotatable bonds is 6. The number of nitrogens with one attached hydrogen (secondary N) is 1. The van der Waals surface area contributed by atoms with Gasteiger partial charge in [0.2, 0.25) is 0 Å². The molecule has 0 aromatic heterocycles. The summed E-state index contributed by atoms with van der Waals surface area (Å²) in [4.78, 5) is 11.4. The molecule has 1 N–H and O–H groups in total. The van der Waals surface area contributed by atoms with Crippen molar-refractivity contribution >= 4 is 11.6 Å². The Labute approximate surface area is 106 Å². The van der Waals surface area contributed by atoms with E-state index in [0.29, 0.717) is 5.75 Å². The van der Waals surface area contributed by atoms with Gasteiger partial charge in [-0.2, -0.15) is 5.10 Å². The van der Waals surface area contributed by atoms with Gasteiger partial charge in [-0.3, -0.25) is 4.79 Å². The van der Waals surface area contributed by atoms with Gasteiger partial charge in [-0.15, -0.1) is 0 Å². The van der Waals surface area contributed by atoms with Crippen LogP contribution in [0.15, 0.2) is 29.4 Å². The number of nitrogens with zero attached hydrogens (tertiary/aromatic N) is 1. The van der Waals surface area contributed by atoms with Crippen LogP contribution in [-0.2, 0) is 4.79 Å². The lowest BCUT2D eigenvalue weighted by atomic mass is 10.2. The van der Waals surface area contributed by atoms with E-state index in [1.807, 2.05) is 13.8 Å². The molecular weight excluding hydrogens is 235 g/mol. The Balaban J connectivity index is 2.35. The Morgan fingerprint density at radius 3 is 2.94 bits per heavy atom. The second-order valence-electron chi connectivity index (χ2n) is 3.88. The molecule has 0 aliphatic rings. The predicted octanol–water partition coefficient (Wildman–Crippen LogP) is 2.50. The molecule has 0 aliphatic carbocycles. The van der Waals surface area contributed by atoms with Crippen LogP contribution in [0.25, 0.3) is 0 Å². The average Bonchev–Trinajstić information content (AvgIpc) is 2.34. The number of amides is 1. The molecule has 1 aromatic carbocycles. The molecular formula is C13H17FN2O2. The maximum atomic E-state index is 12.8. The summed E-state index contributed by atoms with van der Waals surface area (Å²) in [5.41, 5.74) is 3.24. The topological polar surface area (TPSA) is 50.7 Å². The fraction of sp³-hybridized carbons (Fsp3) is 0.385. The molecule has 0 heterocycles. The molecule has 0 saturated heterocycles. The summed E-state index contributed by atoms with van der Waals surface area (Å²) in [6.07, 6.45) is 1.82. The van der Waals surface area contributed by atoms with E-state index in [1.54, 1.807) is 6.07 Å². The smallest absolute Gasteiger partial charge is 0.277 e. The normalized spacial score (nSPS) is 11.2. The molecule has 5 heteroatoms. The fourth-order valence-corrected chi connectivity index (χ4v) is 1.31. The third-order valence-corrected chi connectivity index (χ3v) is 2.15. The molecule has 0 bridgehead atoms. The zero-order valence-electron chi connectivity index (χ0n) is 10.6. The molecule has 0 unspecified atom stereocenters. The van der Waals surface area contributed by atoms with Crippen LogP contribution in [0.4, 0.5) is 4.39 Å². The summed E-state index contributed by atoms with van der Waals surface area (Å²) in [6.45, 7) is 3.69. The minimum Gasteiger partial charge on any atom is -0.484 e. The average molecular weight is 252 g/mol. The van der Waals surface area contributed by atoms with Gasteiger partial charge in [0.25, 0.3) is 5.91 Å². The van der Waals surface area contributed by atoms with Crippen molar-refractivity contribution in [3.63, 3.8) is 0 Å². The van der Waals surface area contributed by atoms with E-state index in [1.165, 1.54) is 18.2 Å². The van der Waals surface area contributed by atoms with Crippen molar-refractivity contribution in [2.75, 3.05) is 6.61 Å². The molecule has 0 radical (unpaired) electrons. The lowest BCUT2D eigenvalue weighted by Gasteiger charge is -2.05. The molecule has 4 nitrogen and oxygen atoms in total. The van der Waals surface area contributed by atoms with Gasteiger partial charge in [0, 0.05) is 11.8 Å². The van der Waals surface area contributed by atoms with Crippen LogP contribution >= 0.6 is 0 Å². The van der Waals surface area contributed by atoms with Gasteiger partial charge in [0.05, 0.1) is 0 Å². The van der Waals surface area contributed by atoms with Crippen LogP contribution in [-0.4, -0.2) is 18.2 Å². The first kappa shape index (κ1) is 14.2. The van der Waals surface area contributed by atoms with Crippen LogP contribution in [0.2, 0.25) is 0 Å². The first-order valence-corrected chi connectivity index (χ1v) is 5.82. The highest BCUT2D eigenvalue weighted by Gasteiger charge is 2.02. The summed E-state index contributed by atoms with van der Waals surface area (Å²) >= 11 is 0. The third kappa shape index (κ3) is 5.43. The molecule has 0 saturated carbocycles. The molecule has 1 aromatic rings. The minimum atomic E-state index is -0.398. The highest BCUT2D eigenvalue weighted by atomic mass is 19.1. The molecule has 18 heavy (non-hydrogen) atoms. The maximum absolute atomic E-state index is 12.8. The standard InChI is InChI=1S/C13H17FN2O2/c1-3-5-10(2)15-16-13(17)9-18-12-7-4-6-11(14)8-12/h4,6-8H,3,5,9H2,1-2H3,(H,16,17)/b15-10-. The third-order valence-electron chi connectivity index (χ3n) is 2.15. The fourth-order valence-electron chi connectivity index (χ4n) is 1.31. The second kappa shape index (κ2) is 7.42. The van der Waals surface area contributed by atoms with Crippen LogP contribution in [0.5, 0.6) is 5.75 Å². The van der Waals surface area contributed by atoms with Crippen molar-refractivity contribution in [1.29, 1.82) is 0 Å². The highest BCUT2D eigenvalue weighted by Crippen LogP contribution is 2.11. The van der Waals surface area contributed by atoms with Crippen molar-refractivity contribution in [1.82, 2.24) is 5.43 Å². The zero-order chi connectivity index (χ0) is 13.4. The van der Waals surface area contributed by atoms with Gasteiger partial charge in [0.15, 0.2) is 6.61 Å². The van der Waals surface area contributed by atoms with E-state index in [0.717, 1.165) is 18.6 Å². The Hall–Kier alpha value is -1.91. The number of carbonyl (C=O) groups is 1. The largest absolute Gasteiger partial charge is 0.484 e. The molecule has 0 aliphatic heterocycles. The quantitative estimate of drug-likeness (QED) is 0.624. The van der Waals surface area contributed by atoms with Gasteiger partial charge in [0.1, 0.15) is 11.6 Å². The zero-order valence-corrected chi connectivity index (χ0v) is 10.6. The highest BCUT2D eigenvalue weighted by molar-refractivity contribution is 5.84. The monoisotopic (exact) mass is 252 g/mol. The van der Waals surface area contributed by atoms with E-state index >= 15 is 0 Å². The van der Waals surface area contributed by atoms with Crippen LogP contribution in [0.1, 0.15) is 26.7 Å². The summed E-state index contributed by atoms with van der Waals surface area (Å²) in [7, 11) is 0. The van der Waals surface area contributed by atoms with Crippen LogP contribution in [0, 0.1) is 5.82 Å². The first-order valence-electron chi connectivity index (χ1n) is 5.82. The van der Waals surface area contributed by atoms with Crippen molar-refractivity contribution in [2.24, 2.45) is 5.10 Å². The molecule has 0 fully saturated rings. The van der Waals surface area contributed by atoms with Gasteiger partial charge < -0.3 is 4.74 Å². The number of carbonyl (C=O) groups excluding carboxylic acids is 1. The van der Waals surface area contributed by atoms with E-state index in [9.17, 15) is 9.18 Å². The Bertz CT molecular complexity index is 433. The molecule has 1 rings (SSSR count). The van der Waals surface area contributed by atoms with Gasteiger partial charge in [-0.25, -0.2) is 9.82 Å². The van der Waals surface area contributed by atoms with Gasteiger partial charge in [-0.05, 0) is 25.5 Å². The van der Waals surface area contributed by atoms with E-state index in [2.05, 4.69) is 10.5 Å². The van der Waals surface area contributed by atoms with E-state index < -0.39 is 5.82 Å². The Kier molecular flexibility index (Phi) is 5.84. The van der Waals surface area contributed by atoms with Crippen molar-refractivity contribution in [3.8, 4) is 5.75 Å². The van der Waals surface area contributed by atoms with Crippen molar-refractivity contribution < 1.29 is 13.9 Å². The Morgan fingerprint density at radius 2 is 2.28 bits per heavy atom. The van der Waals surface area contributed by atoms with Crippen LogP contribution in [0.3, 0.4) is 0 Å². The number of hydrogen-bond acceptors (Lipinski definition) is 3. The second-order valence-corrected chi connectivity index (χ2v) is 3.88. The van der Waals surface area contributed by atoms with Crippen molar-refractivity contribution in [2.45, 2.75) is 26.7 Å². The number of halogens is 1. The first-order chi connectivity index (χ1) is 8.61. The molecule has 0 atom stereocenters. The molecule has 1 amide bonds. The molecule has 0 spiro atoms. The SMILES string of the molecule is CCC/C(C)=N\NC(=O)COc1cccc(F)c1. The van der Waals surface area contributed by atoms with E-state index in [-0.39, 0.29) is 12.5 Å². The van der Waals surface area contributed by atoms with Gasteiger partial charge >= 0.3 is 0 Å². The van der Waals surface area contributed by atoms with Crippen LogP contribution < -0.4 is 10.2 Å². The number of hydrogen-bond donors (Lipinski definition) is 1. The molecule has 98 valence electrons.